The van der Waals surface area contributed by atoms with E-state index in [-0.39, 0.29) is 24.5 Å². The monoisotopic (exact) mass is 251 g/mol. The van der Waals surface area contributed by atoms with Crippen molar-refractivity contribution in [1.82, 2.24) is 10.3 Å². The number of carbonyl (C=O) groups is 1. The number of carbonyl (C=O) groups excluding carboxylic acids is 1. The first-order chi connectivity index (χ1) is 8.45. The van der Waals surface area contributed by atoms with Crippen molar-refractivity contribution >= 4 is 11.7 Å². The maximum atomic E-state index is 11.9. The van der Waals surface area contributed by atoms with Crippen molar-refractivity contribution in [1.29, 1.82) is 0 Å². The predicted octanol–water partition coefficient (Wildman–Crippen LogP) is 0.894. The second kappa shape index (κ2) is 6.35. The van der Waals surface area contributed by atoms with Crippen LogP contribution in [0.5, 0.6) is 0 Å². The lowest BCUT2D eigenvalue weighted by Crippen LogP contribution is -2.38. The van der Waals surface area contributed by atoms with Crippen molar-refractivity contribution in [2.45, 2.75) is 19.9 Å². The van der Waals surface area contributed by atoms with E-state index in [9.17, 15) is 4.79 Å². The molecule has 0 aliphatic carbocycles. The molecule has 5 nitrogen and oxygen atoms in total. The molecular weight excluding hydrogens is 230 g/mol. The first-order valence-electron chi connectivity index (χ1n) is 6.00. The molecule has 5 heteroatoms. The molecule has 0 aromatic carbocycles. The number of aliphatic hydroxyl groups excluding tert-OH is 1. The molecule has 0 aliphatic rings. The molecule has 1 amide bonds. The van der Waals surface area contributed by atoms with E-state index < -0.39 is 0 Å². The third-order valence-electron chi connectivity index (χ3n) is 2.97. The molecule has 2 N–H and O–H groups in total. The van der Waals surface area contributed by atoms with Gasteiger partial charge in [0.1, 0.15) is 5.82 Å². The Hall–Kier alpha value is -1.62. The van der Waals surface area contributed by atoms with E-state index in [0.29, 0.717) is 5.56 Å². The summed E-state index contributed by atoms with van der Waals surface area (Å²) in [5.74, 6) is 0.673. The Kier molecular flexibility index (Phi) is 5.09. The number of nitrogens with one attached hydrogen (secondary N) is 1. The maximum absolute atomic E-state index is 11.9. The van der Waals surface area contributed by atoms with Gasteiger partial charge in [0.25, 0.3) is 5.91 Å². The van der Waals surface area contributed by atoms with Crippen molar-refractivity contribution < 1.29 is 9.90 Å². The van der Waals surface area contributed by atoms with Gasteiger partial charge in [-0.2, -0.15) is 0 Å². The number of aliphatic hydroxyl groups is 1. The Morgan fingerprint density at radius 1 is 1.44 bits per heavy atom. The maximum Gasteiger partial charge on any atom is 0.253 e. The molecule has 0 saturated carbocycles. The molecule has 0 fully saturated rings. The van der Waals surface area contributed by atoms with Crippen LogP contribution in [0.3, 0.4) is 0 Å². The van der Waals surface area contributed by atoms with Crippen LogP contribution in [0.15, 0.2) is 18.3 Å². The summed E-state index contributed by atoms with van der Waals surface area (Å²) in [5.41, 5.74) is 0.526. The highest BCUT2D eigenvalue weighted by molar-refractivity contribution is 5.94. The summed E-state index contributed by atoms with van der Waals surface area (Å²) >= 11 is 0. The highest BCUT2D eigenvalue weighted by atomic mass is 16.3. The van der Waals surface area contributed by atoms with Gasteiger partial charge >= 0.3 is 0 Å². The third-order valence-corrected chi connectivity index (χ3v) is 2.97. The number of rotatable bonds is 5. The van der Waals surface area contributed by atoms with Gasteiger partial charge in [-0.3, -0.25) is 4.79 Å². The van der Waals surface area contributed by atoms with E-state index in [4.69, 9.17) is 5.11 Å². The van der Waals surface area contributed by atoms with E-state index in [1.807, 2.05) is 32.8 Å². The van der Waals surface area contributed by atoms with Crippen LogP contribution in [0.2, 0.25) is 0 Å². The lowest BCUT2D eigenvalue weighted by Gasteiger charge is -2.19. The van der Waals surface area contributed by atoms with Gasteiger partial charge in [0.05, 0.1) is 5.56 Å². The first kappa shape index (κ1) is 14.4. The summed E-state index contributed by atoms with van der Waals surface area (Å²) in [4.78, 5) is 18.0. The fraction of sp³-hybridized carbons (Fsp3) is 0.538. The lowest BCUT2D eigenvalue weighted by atomic mass is 10.0. The van der Waals surface area contributed by atoms with Gasteiger partial charge in [0, 0.05) is 32.9 Å². The van der Waals surface area contributed by atoms with Crippen molar-refractivity contribution in [3.63, 3.8) is 0 Å². The Bertz CT molecular complexity index is 390. The molecule has 0 aliphatic heterocycles. The molecule has 1 heterocycles. The van der Waals surface area contributed by atoms with Crippen molar-refractivity contribution in [2.24, 2.45) is 5.92 Å². The highest BCUT2D eigenvalue weighted by Gasteiger charge is 2.15. The number of hydrogen-bond acceptors (Lipinski definition) is 4. The average molecular weight is 251 g/mol. The smallest absolute Gasteiger partial charge is 0.253 e. The van der Waals surface area contributed by atoms with Crippen LogP contribution in [-0.4, -0.2) is 42.7 Å². The fourth-order valence-electron chi connectivity index (χ4n) is 1.38. The zero-order valence-corrected chi connectivity index (χ0v) is 11.3. The molecule has 2 unspecified atom stereocenters. The number of nitrogens with zero attached hydrogens (tertiary/aromatic N) is 2. The van der Waals surface area contributed by atoms with Gasteiger partial charge in [0.2, 0.25) is 0 Å². The fourth-order valence-corrected chi connectivity index (χ4v) is 1.38. The molecule has 2 atom stereocenters. The minimum absolute atomic E-state index is 0.0305. The zero-order valence-electron chi connectivity index (χ0n) is 11.3. The molecule has 0 bridgehead atoms. The normalized spacial score (nSPS) is 13.8. The minimum Gasteiger partial charge on any atom is -0.396 e. The van der Waals surface area contributed by atoms with Gasteiger partial charge < -0.3 is 15.3 Å². The highest BCUT2D eigenvalue weighted by Crippen LogP contribution is 2.09. The van der Waals surface area contributed by atoms with Crippen LogP contribution >= 0.6 is 0 Å². The average Bonchev–Trinajstić information content (AvgIpc) is 2.37. The van der Waals surface area contributed by atoms with E-state index in [2.05, 4.69) is 10.3 Å². The molecule has 18 heavy (non-hydrogen) atoms. The van der Waals surface area contributed by atoms with Crippen LogP contribution in [-0.2, 0) is 0 Å². The summed E-state index contributed by atoms with van der Waals surface area (Å²) in [5, 5.41) is 11.9. The summed E-state index contributed by atoms with van der Waals surface area (Å²) in [7, 11) is 3.79. The van der Waals surface area contributed by atoms with Crippen molar-refractivity contribution in [2.75, 3.05) is 25.6 Å². The largest absolute Gasteiger partial charge is 0.396 e. The molecule has 1 aromatic rings. The van der Waals surface area contributed by atoms with Gasteiger partial charge in [-0.25, -0.2) is 4.98 Å². The molecule has 0 radical (unpaired) electrons. The van der Waals surface area contributed by atoms with E-state index in [1.54, 1.807) is 18.3 Å². The summed E-state index contributed by atoms with van der Waals surface area (Å²) < 4.78 is 0. The number of amides is 1. The standard InChI is InChI=1S/C13H21N3O2/c1-9(8-17)10(2)15-13(18)11-5-6-12(14-7-11)16(3)4/h5-7,9-10,17H,8H2,1-4H3,(H,15,18). The van der Waals surface area contributed by atoms with Gasteiger partial charge in [-0.15, -0.1) is 0 Å². The van der Waals surface area contributed by atoms with Crippen LogP contribution in [0.1, 0.15) is 24.2 Å². The first-order valence-corrected chi connectivity index (χ1v) is 6.00. The topological polar surface area (TPSA) is 65.5 Å². The van der Waals surface area contributed by atoms with Gasteiger partial charge in [-0.05, 0) is 25.0 Å². The van der Waals surface area contributed by atoms with E-state index in [0.717, 1.165) is 5.82 Å². The Morgan fingerprint density at radius 3 is 2.56 bits per heavy atom. The zero-order chi connectivity index (χ0) is 13.7. The molecule has 1 rings (SSSR count). The Morgan fingerprint density at radius 2 is 2.11 bits per heavy atom. The van der Waals surface area contributed by atoms with E-state index in [1.165, 1.54) is 0 Å². The molecule has 0 saturated heterocycles. The summed E-state index contributed by atoms with van der Waals surface area (Å²) in [6, 6.07) is 3.47. The SMILES string of the molecule is CC(CO)C(C)NC(=O)c1ccc(N(C)C)nc1. The minimum atomic E-state index is -0.166. The van der Waals surface area contributed by atoms with Crippen molar-refractivity contribution in [3.8, 4) is 0 Å². The Balaban J connectivity index is 2.67. The summed E-state index contributed by atoms with van der Waals surface area (Å²) in [6.07, 6.45) is 1.56. The molecular formula is C13H21N3O2. The predicted molar refractivity (Wildman–Crippen MR) is 71.7 cm³/mol. The van der Waals surface area contributed by atoms with Gasteiger partial charge in [-0.1, -0.05) is 6.92 Å². The second-order valence-corrected chi connectivity index (χ2v) is 4.72. The van der Waals surface area contributed by atoms with Gasteiger partial charge in [0.15, 0.2) is 0 Å². The molecule has 0 spiro atoms. The van der Waals surface area contributed by atoms with Crippen LogP contribution in [0.4, 0.5) is 5.82 Å². The van der Waals surface area contributed by atoms with E-state index >= 15 is 0 Å². The summed E-state index contributed by atoms with van der Waals surface area (Å²) in [6.45, 7) is 3.82. The molecule has 1 aromatic heterocycles. The number of aromatic nitrogens is 1. The molecule has 100 valence electrons. The number of pyridine rings is 1. The van der Waals surface area contributed by atoms with Crippen LogP contribution in [0.25, 0.3) is 0 Å². The van der Waals surface area contributed by atoms with Crippen LogP contribution in [0, 0.1) is 5.92 Å². The quantitative estimate of drug-likeness (QED) is 0.816. The third kappa shape index (κ3) is 3.70. The lowest BCUT2D eigenvalue weighted by molar-refractivity contribution is 0.0916. The Labute approximate surface area is 108 Å². The van der Waals surface area contributed by atoms with Crippen LogP contribution < -0.4 is 10.2 Å². The van der Waals surface area contributed by atoms with Crippen molar-refractivity contribution in [3.05, 3.63) is 23.9 Å². The number of hydrogen-bond donors (Lipinski definition) is 2. The second-order valence-electron chi connectivity index (χ2n) is 4.72. The number of anilines is 1.